The maximum absolute atomic E-state index is 9.57. The molecule has 0 spiro atoms. The first-order valence-electron chi connectivity index (χ1n) is 3.96. The van der Waals surface area contributed by atoms with Gasteiger partial charge in [-0.05, 0) is 32.7 Å². The summed E-state index contributed by atoms with van der Waals surface area (Å²) in [5.41, 5.74) is -0.551. The highest BCUT2D eigenvalue weighted by molar-refractivity contribution is 4.90. The molecule has 1 fully saturated rings. The summed E-state index contributed by atoms with van der Waals surface area (Å²) in [7, 11) is 0. The van der Waals surface area contributed by atoms with Gasteiger partial charge in [-0.15, -0.1) is 0 Å². The number of hydrogen-bond donors (Lipinski definition) is 2. The monoisotopic (exact) mass is 143 g/mol. The number of aliphatic hydroxyl groups is 1. The fraction of sp³-hybridized carbons (Fsp3) is 1.00. The van der Waals surface area contributed by atoms with Crippen LogP contribution in [0.2, 0.25) is 0 Å². The molecule has 60 valence electrons. The highest BCUT2D eigenvalue weighted by Crippen LogP contribution is 2.21. The van der Waals surface area contributed by atoms with Crippen molar-refractivity contribution in [3.63, 3.8) is 0 Å². The van der Waals surface area contributed by atoms with Gasteiger partial charge in [0.25, 0.3) is 0 Å². The van der Waals surface area contributed by atoms with E-state index in [0.717, 1.165) is 18.9 Å². The van der Waals surface area contributed by atoms with E-state index in [4.69, 9.17) is 0 Å². The van der Waals surface area contributed by atoms with Gasteiger partial charge in [-0.2, -0.15) is 0 Å². The molecule has 2 atom stereocenters. The second kappa shape index (κ2) is 2.51. The van der Waals surface area contributed by atoms with Crippen LogP contribution in [0.5, 0.6) is 0 Å². The maximum Gasteiger partial charge on any atom is 0.0744 e. The lowest BCUT2D eigenvalue weighted by Gasteiger charge is -2.25. The molecule has 2 nitrogen and oxygen atoms in total. The van der Waals surface area contributed by atoms with Crippen molar-refractivity contribution in [2.24, 2.45) is 5.92 Å². The Morgan fingerprint density at radius 3 is 2.30 bits per heavy atom. The fourth-order valence-electron chi connectivity index (χ4n) is 1.45. The van der Waals surface area contributed by atoms with E-state index in [1.165, 1.54) is 0 Å². The quantitative estimate of drug-likeness (QED) is 0.568. The Hall–Kier alpha value is -0.0800. The number of nitrogens with one attached hydrogen (secondary N) is 1. The zero-order chi connectivity index (χ0) is 7.78. The molecule has 0 radical (unpaired) electrons. The van der Waals surface area contributed by atoms with Gasteiger partial charge in [0.15, 0.2) is 0 Å². The Morgan fingerprint density at radius 2 is 2.10 bits per heavy atom. The number of hydrogen-bond acceptors (Lipinski definition) is 2. The average Bonchev–Trinajstić information content (AvgIpc) is 2.11. The van der Waals surface area contributed by atoms with Crippen LogP contribution in [0, 0.1) is 5.92 Å². The summed E-state index contributed by atoms with van der Waals surface area (Å²) < 4.78 is 0. The predicted octanol–water partition coefficient (Wildman–Crippen LogP) is 0.755. The summed E-state index contributed by atoms with van der Waals surface area (Å²) in [6.07, 6.45) is 1.10. The van der Waals surface area contributed by atoms with Crippen LogP contribution in [0.4, 0.5) is 0 Å². The van der Waals surface area contributed by atoms with E-state index in [1.54, 1.807) is 0 Å². The van der Waals surface area contributed by atoms with Crippen molar-refractivity contribution in [1.29, 1.82) is 0 Å². The molecule has 2 heteroatoms. The average molecular weight is 143 g/mol. The molecule has 0 amide bonds. The first-order chi connectivity index (χ1) is 4.50. The van der Waals surface area contributed by atoms with E-state index in [-0.39, 0.29) is 0 Å². The van der Waals surface area contributed by atoms with Crippen molar-refractivity contribution in [3.8, 4) is 0 Å². The third-order valence-electron chi connectivity index (χ3n) is 2.20. The Balaban J connectivity index is 2.45. The second-order valence-electron chi connectivity index (χ2n) is 3.96. The molecular weight excluding hydrogens is 126 g/mol. The summed E-state index contributed by atoms with van der Waals surface area (Å²) >= 11 is 0. The lowest BCUT2D eigenvalue weighted by Crippen LogP contribution is -2.42. The van der Waals surface area contributed by atoms with Gasteiger partial charge >= 0.3 is 0 Å². The standard InChI is InChI=1S/C8H17NO/c1-6-4-7(9-5-6)8(2,3)10/h6-7,9-10H,4-5H2,1-3H3/t6-,7+/m0/s1. The Morgan fingerprint density at radius 1 is 1.50 bits per heavy atom. The van der Waals surface area contributed by atoms with Crippen LogP contribution in [0.15, 0.2) is 0 Å². The van der Waals surface area contributed by atoms with Crippen molar-refractivity contribution in [2.75, 3.05) is 6.54 Å². The normalized spacial score (nSPS) is 34.8. The topological polar surface area (TPSA) is 32.3 Å². The molecule has 1 saturated heterocycles. The van der Waals surface area contributed by atoms with Crippen LogP contribution < -0.4 is 5.32 Å². The van der Waals surface area contributed by atoms with Crippen molar-refractivity contribution in [1.82, 2.24) is 5.32 Å². The fourth-order valence-corrected chi connectivity index (χ4v) is 1.45. The molecule has 0 saturated carbocycles. The molecule has 0 aliphatic carbocycles. The summed E-state index contributed by atoms with van der Waals surface area (Å²) in [4.78, 5) is 0. The van der Waals surface area contributed by atoms with Gasteiger partial charge in [-0.3, -0.25) is 0 Å². The van der Waals surface area contributed by atoms with Crippen molar-refractivity contribution < 1.29 is 5.11 Å². The molecule has 0 bridgehead atoms. The summed E-state index contributed by atoms with van der Waals surface area (Å²) in [5, 5.41) is 12.9. The minimum Gasteiger partial charge on any atom is -0.389 e. The molecule has 0 unspecified atom stereocenters. The van der Waals surface area contributed by atoms with Gasteiger partial charge < -0.3 is 10.4 Å². The Kier molecular flexibility index (Phi) is 2.02. The minimum absolute atomic E-state index is 0.294. The van der Waals surface area contributed by atoms with Gasteiger partial charge in [-0.25, -0.2) is 0 Å². The molecule has 2 N–H and O–H groups in total. The zero-order valence-electron chi connectivity index (χ0n) is 7.02. The van der Waals surface area contributed by atoms with E-state index < -0.39 is 5.60 Å². The third-order valence-corrected chi connectivity index (χ3v) is 2.20. The van der Waals surface area contributed by atoms with Gasteiger partial charge in [0.05, 0.1) is 5.60 Å². The molecule has 1 aliphatic rings. The predicted molar refractivity (Wildman–Crippen MR) is 41.9 cm³/mol. The van der Waals surface area contributed by atoms with Crippen LogP contribution in [0.3, 0.4) is 0 Å². The maximum atomic E-state index is 9.57. The first-order valence-corrected chi connectivity index (χ1v) is 3.96. The minimum atomic E-state index is -0.551. The third kappa shape index (κ3) is 1.70. The summed E-state index contributed by atoms with van der Waals surface area (Å²) in [6.45, 7) is 6.98. The van der Waals surface area contributed by atoms with Gasteiger partial charge in [0.2, 0.25) is 0 Å². The van der Waals surface area contributed by atoms with E-state index in [9.17, 15) is 5.11 Å². The molecule has 10 heavy (non-hydrogen) atoms. The van der Waals surface area contributed by atoms with Gasteiger partial charge in [0.1, 0.15) is 0 Å². The highest BCUT2D eigenvalue weighted by Gasteiger charge is 2.31. The van der Waals surface area contributed by atoms with Crippen molar-refractivity contribution in [2.45, 2.75) is 38.8 Å². The smallest absolute Gasteiger partial charge is 0.0744 e. The van der Waals surface area contributed by atoms with Crippen LogP contribution in [-0.4, -0.2) is 23.3 Å². The lowest BCUT2D eigenvalue weighted by atomic mass is 9.95. The van der Waals surface area contributed by atoms with E-state index in [0.29, 0.717) is 6.04 Å². The Bertz CT molecular complexity index is 117. The second-order valence-corrected chi connectivity index (χ2v) is 3.96. The van der Waals surface area contributed by atoms with Gasteiger partial charge in [-0.1, -0.05) is 6.92 Å². The van der Waals surface area contributed by atoms with Crippen LogP contribution in [0.25, 0.3) is 0 Å². The molecule has 1 heterocycles. The van der Waals surface area contributed by atoms with Crippen molar-refractivity contribution in [3.05, 3.63) is 0 Å². The van der Waals surface area contributed by atoms with Crippen molar-refractivity contribution >= 4 is 0 Å². The van der Waals surface area contributed by atoms with E-state index >= 15 is 0 Å². The summed E-state index contributed by atoms with van der Waals surface area (Å²) in [6, 6.07) is 0.294. The van der Waals surface area contributed by atoms with Crippen LogP contribution in [-0.2, 0) is 0 Å². The molecule has 1 rings (SSSR count). The SMILES string of the molecule is C[C@@H]1CN[C@@H](C(C)(C)O)C1. The molecule has 0 aromatic rings. The summed E-state index contributed by atoms with van der Waals surface area (Å²) in [5.74, 6) is 0.719. The molecular formula is C8H17NO. The Labute approximate surface area is 62.6 Å². The highest BCUT2D eigenvalue weighted by atomic mass is 16.3. The largest absolute Gasteiger partial charge is 0.389 e. The molecule has 0 aromatic heterocycles. The molecule has 0 aromatic carbocycles. The molecule has 1 aliphatic heterocycles. The van der Waals surface area contributed by atoms with E-state index in [2.05, 4.69) is 12.2 Å². The van der Waals surface area contributed by atoms with Crippen LogP contribution in [0.1, 0.15) is 27.2 Å². The lowest BCUT2D eigenvalue weighted by molar-refractivity contribution is 0.0438. The van der Waals surface area contributed by atoms with Gasteiger partial charge in [0, 0.05) is 6.04 Å². The number of rotatable bonds is 1. The van der Waals surface area contributed by atoms with Crippen LogP contribution >= 0.6 is 0 Å². The first kappa shape index (κ1) is 8.02. The zero-order valence-corrected chi connectivity index (χ0v) is 7.02. The van der Waals surface area contributed by atoms with E-state index in [1.807, 2.05) is 13.8 Å².